The van der Waals surface area contributed by atoms with Crippen LogP contribution in [0.15, 0.2) is 30.3 Å². The molecule has 0 bridgehead atoms. The average Bonchev–Trinajstić information content (AvgIpc) is 2.75. The van der Waals surface area contributed by atoms with E-state index in [0.717, 1.165) is 11.3 Å². The maximum absolute atomic E-state index is 13.0. The Balaban J connectivity index is 1.63. The number of amides is 3. The van der Waals surface area contributed by atoms with E-state index in [4.69, 9.17) is 4.74 Å². The van der Waals surface area contributed by atoms with Crippen molar-refractivity contribution in [3.05, 3.63) is 30.3 Å². The molecule has 1 saturated heterocycles. The molecule has 1 spiro atoms. The molecule has 142 valence electrons. The smallest absolute Gasteiger partial charge is 0.325 e. The molecule has 26 heavy (non-hydrogen) atoms. The standard InChI is InChI=1S/C20H28N2O4/c1-14-9-19(2,3)13-20(10-14)17(24)22(18(25)21-20)11-15(23)12-26-16-7-5-4-6-8-16/h4-8,14-15,23H,9-13H2,1-3H3,(H,21,25)/t14-,15-,20+/m1/s1. The van der Waals surface area contributed by atoms with Gasteiger partial charge in [0.1, 0.15) is 24.0 Å². The number of carbonyl (C=O) groups is 2. The minimum atomic E-state index is -0.936. The molecular formula is C20H28N2O4. The lowest BCUT2D eigenvalue weighted by Gasteiger charge is -2.43. The fourth-order valence-electron chi connectivity index (χ4n) is 4.64. The summed E-state index contributed by atoms with van der Waals surface area (Å²) in [6, 6.07) is 8.73. The van der Waals surface area contributed by atoms with E-state index in [2.05, 4.69) is 26.1 Å². The number of hydrogen-bond donors (Lipinski definition) is 2. The van der Waals surface area contributed by atoms with Crippen molar-refractivity contribution in [3.63, 3.8) is 0 Å². The average molecular weight is 360 g/mol. The number of benzene rings is 1. The molecule has 2 N–H and O–H groups in total. The van der Waals surface area contributed by atoms with Crippen LogP contribution < -0.4 is 10.1 Å². The van der Waals surface area contributed by atoms with Crippen molar-refractivity contribution >= 4 is 11.9 Å². The van der Waals surface area contributed by atoms with Gasteiger partial charge in [-0.15, -0.1) is 0 Å². The molecule has 3 rings (SSSR count). The van der Waals surface area contributed by atoms with Gasteiger partial charge in [0.2, 0.25) is 0 Å². The zero-order valence-electron chi connectivity index (χ0n) is 15.7. The van der Waals surface area contributed by atoms with Crippen LogP contribution in [0.25, 0.3) is 0 Å². The van der Waals surface area contributed by atoms with Crippen LogP contribution in [0.2, 0.25) is 0 Å². The van der Waals surface area contributed by atoms with Gasteiger partial charge < -0.3 is 15.2 Å². The van der Waals surface area contributed by atoms with E-state index in [1.165, 1.54) is 0 Å². The minimum absolute atomic E-state index is 0.00828. The lowest BCUT2D eigenvalue weighted by Crippen LogP contribution is -2.54. The van der Waals surface area contributed by atoms with Crippen LogP contribution in [0.5, 0.6) is 5.75 Å². The molecule has 1 heterocycles. The first-order chi connectivity index (χ1) is 12.2. The van der Waals surface area contributed by atoms with Gasteiger partial charge >= 0.3 is 6.03 Å². The van der Waals surface area contributed by atoms with Gasteiger partial charge in [-0.1, -0.05) is 39.0 Å². The van der Waals surface area contributed by atoms with Crippen molar-refractivity contribution in [1.29, 1.82) is 0 Å². The second-order valence-electron chi connectivity index (χ2n) is 8.56. The van der Waals surface area contributed by atoms with E-state index < -0.39 is 17.7 Å². The predicted molar refractivity (Wildman–Crippen MR) is 97.7 cm³/mol. The Bertz CT molecular complexity index is 676. The second-order valence-corrected chi connectivity index (χ2v) is 8.56. The molecular weight excluding hydrogens is 332 g/mol. The third-order valence-corrected chi connectivity index (χ3v) is 5.20. The lowest BCUT2D eigenvalue weighted by atomic mass is 9.64. The summed E-state index contributed by atoms with van der Waals surface area (Å²) >= 11 is 0. The molecule has 0 radical (unpaired) electrons. The molecule has 1 aliphatic carbocycles. The summed E-state index contributed by atoms with van der Waals surface area (Å²) < 4.78 is 5.52. The zero-order chi connectivity index (χ0) is 18.9. The summed E-state index contributed by atoms with van der Waals surface area (Å²) in [5.74, 6) is 0.776. The molecule has 0 aromatic heterocycles. The molecule has 3 amide bonds. The highest BCUT2D eigenvalue weighted by Gasteiger charge is 2.56. The number of hydrogen-bond acceptors (Lipinski definition) is 4. The number of aliphatic hydroxyl groups excluding tert-OH is 1. The predicted octanol–water partition coefficient (Wildman–Crippen LogP) is 2.56. The first-order valence-corrected chi connectivity index (χ1v) is 9.21. The van der Waals surface area contributed by atoms with Crippen LogP contribution in [-0.4, -0.2) is 46.7 Å². The summed E-state index contributed by atoms with van der Waals surface area (Å²) in [6.07, 6.45) is 1.37. The Hall–Kier alpha value is -2.08. The number of urea groups is 1. The van der Waals surface area contributed by atoms with Gasteiger partial charge in [-0.05, 0) is 42.7 Å². The van der Waals surface area contributed by atoms with Gasteiger partial charge in [-0.3, -0.25) is 9.69 Å². The van der Waals surface area contributed by atoms with Crippen LogP contribution in [0.4, 0.5) is 4.79 Å². The largest absolute Gasteiger partial charge is 0.491 e. The molecule has 2 fully saturated rings. The molecule has 0 unspecified atom stereocenters. The van der Waals surface area contributed by atoms with Crippen LogP contribution in [0.1, 0.15) is 40.0 Å². The quantitative estimate of drug-likeness (QED) is 0.791. The van der Waals surface area contributed by atoms with E-state index in [9.17, 15) is 14.7 Å². The summed E-state index contributed by atoms with van der Waals surface area (Å²) in [4.78, 5) is 26.6. The Labute approximate surface area is 154 Å². The summed E-state index contributed by atoms with van der Waals surface area (Å²) in [5.41, 5.74) is -0.843. The van der Waals surface area contributed by atoms with E-state index in [0.29, 0.717) is 24.5 Å². The van der Waals surface area contributed by atoms with Crippen molar-refractivity contribution in [2.24, 2.45) is 11.3 Å². The zero-order valence-corrected chi connectivity index (χ0v) is 15.7. The third-order valence-electron chi connectivity index (χ3n) is 5.20. The number of ether oxygens (including phenoxy) is 1. The van der Waals surface area contributed by atoms with Gasteiger partial charge in [-0.25, -0.2) is 4.79 Å². The Kier molecular flexibility index (Phi) is 4.97. The van der Waals surface area contributed by atoms with Crippen LogP contribution in [0, 0.1) is 11.3 Å². The third kappa shape index (κ3) is 3.85. The number of β-amino-alcohol motifs (C(OH)–C–C–N with tert-alkyl or cyclic N) is 1. The first-order valence-electron chi connectivity index (χ1n) is 9.21. The first kappa shape index (κ1) is 18.7. The highest BCUT2D eigenvalue weighted by molar-refractivity contribution is 6.07. The number of aliphatic hydroxyl groups is 1. The lowest BCUT2D eigenvalue weighted by molar-refractivity contribution is -0.135. The van der Waals surface area contributed by atoms with E-state index in [-0.39, 0.29) is 24.5 Å². The number of nitrogens with one attached hydrogen (secondary N) is 1. The summed E-state index contributed by atoms with van der Waals surface area (Å²) in [6.45, 7) is 6.35. The number of carbonyl (C=O) groups excluding carboxylic acids is 2. The van der Waals surface area contributed by atoms with Crippen molar-refractivity contribution in [2.75, 3.05) is 13.2 Å². The molecule has 6 heteroatoms. The van der Waals surface area contributed by atoms with Crippen LogP contribution in [-0.2, 0) is 4.79 Å². The fourth-order valence-corrected chi connectivity index (χ4v) is 4.64. The van der Waals surface area contributed by atoms with Crippen molar-refractivity contribution in [3.8, 4) is 5.75 Å². The van der Waals surface area contributed by atoms with E-state index in [1.807, 2.05) is 18.2 Å². The molecule has 1 aromatic carbocycles. The van der Waals surface area contributed by atoms with Crippen LogP contribution in [0.3, 0.4) is 0 Å². The monoisotopic (exact) mass is 360 g/mol. The number of rotatable bonds is 5. The molecule has 3 atom stereocenters. The van der Waals surface area contributed by atoms with Crippen molar-refractivity contribution in [1.82, 2.24) is 10.2 Å². The summed E-state index contributed by atoms with van der Waals surface area (Å²) in [5, 5.41) is 13.2. The highest BCUT2D eigenvalue weighted by Crippen LogP contribution is 2.46. The summed E-state index contributed by atoms with van der Waals surface area (Å²) in [7, 11) is 0. The fraction of sp³-hybridized carbons (Fsp3) is 0.600. The maximum Gasteiger partial charge on any atom is 0.325 e. The molecule has 1 aromatic rings. The minimum Gasteiger partial charge on any atom is -0.491 e. The van der Waals surface area contributed by atoms with Gasteiger partial charge in [0.15, 0.2) is 0 Å². The Morgan fingerprint density at radius 3 is 2.62 bits per heavy atom. The highest BCUT2D eigenvalue weighted by atomic mass is 16.5. The molecule has 1 saturated carbocycles. The van der Waals surface area contributed by atoms with E-state index >= 15 is 0 Å². The van der Waals surface area contributed by atoms with Crippen molar-refractivity contribution < 1.29 is 19.4 Å². The molecule has 2 aliphatic rings. The van der Waals surface area contributed by atoms with Crippen molar-refractivity contribution in [2.45, 2.75) is 51.7 Å². The molecule has 1 aliphatic heterocycles. The maximum atomic E-state index is 13.0. The number of para-hydroxylation sites is 1. The molecule has 6 nitrogen and oxygen atoms in total. The van der Waals surface area contributed by atoms with Crippen LogP contribution >= 0.6 is 0 Å². The van der Waals surface area contributed by atoms with Gasteiger partial charge in [-0.2, -0.15) is 0 Å². The SMILES string of the molecule is C[C@@H]1CC(C)(C)C[C@]2(C1)NC(=O)N(C[C@@H](O)COc1ccccc1)C2=O. The number of imide groups is 1. The topological polar surface area (TPSA) is 78.9 Å². The normalized spacial score (nSPS) is 28.9. The van der Waals surface area contributed by atoms with E-state index in [1.54, 1.807) is 12.1 Å². The van der Waals surface area contributed by atoms with Gasteiger partial charge in [0.05, 0.1) is 6.54 Å². The van der Waals surface area contributed by atoms with Gasteiger partial charge in [0.25, 0.3) is 5.91 Å². The Morgan fingerprint density at radius 2 is 1.96 bits per heavy atom. The Morgan fingerprint density at radius 1 is 1.27 bits per heavy atom. The van der Waals surface area contributed by atoms with Gasteiger partial charge in [0, 0.05) is 0 Å². The number of nitrogens with zero attached hydrogens (tertiary/aromatic N) is 1. The second kappa shape index (κ2) is 6.91.